The van der Waals surface area contributed by atoms with Gasteiger partial charge in [-0.25, -0.2) is 4.98 Å². The average molecular weight is 258 g/mol. The first kappa shape index (κ1) is 12.6. The molecule has 1 aromatic carbocycles. The molecule has 0 spiro atoms. The molecule has 0 saturated carbocycles. The van der Waals surface area contributed by atoms with Crippen molar-refractivity contribution in [2.75, 3.05) is 0 Å². The molecular weight excluding hydrogens is 244 g/mol. The van der Waals surface area contributed by atoms with Gasteiger partial charge in [0.2, 0.25) is 0 Å². The van der Waals surface area contributed by atoms with E-state index in [-0.39, 0.29) is 0 Å². The smallest absolute Gasteiger partial charge is 0.151 e. The molecule has 1 aromatic heterocycles. The maximum absolute atomic E-state index is 8.71. The van der Waals surface area contributed by atoms with Crippen LogP contribution in [0.5, 0.6) is 5.75 Å². The van der Waals surface area contributed by atoms with Crippen LogP contribution in [0, 0.1) is 32.1 Å². The zero-order chi connectivity index (χ0) is 13.1. The molecule has 0 fully saturated rings. The second-order valence-corrected chi connectivity index (χ2v) is 5.17. The predicted octanol–water partition coefficient (Wildman–Crippen LogP) is 3.52. The summed E-state index contributed by atoms with van der Waals surface area (Å²) in [5, 5.41) is 11.3. The summed E-state index contributed by atoms with van der Waals surface area (Å²) in [6.07, 6.45) is 0. The number of aromatic nitrogens is 1. The molecular formula is C14H14N2OS. The lowest BCUT2D eigenvalue weighted by atomic mass is 10.1. The standard InChI is InChI=1S/C14H14N2OS/c1-9-4-10(2)11(3)13(5-9)17-7-14-16-12(6-15)8-18-14/h4-5,8H,7H2,1-3H3. The lowest BCUT2D eigenvalue weighted by Gasteiger charge is -2.11. The minimum Gasteiger partial charge on any atom is -0.486 e. The van der Waals surface area contributed by atoms with E-state index in [0.29, 0.717) is 12.3 Å². The molecule has 0 atom stereocenters. The molecule has 0 aliphatic heterocycles. The molecule has 1 heterocycles. The molecule has 0 N–H and O–H groups in total. The summed E-state index contributed by atoms with van der Waals surface area (Å²) in [7, 11) is 0. The minimum absolute atomic E-state index is 0.413. The van der Waals surface area contributed by atoms with E-state index in [0.717, 1.165) is 16.3 Å². The fourth-order valence-electron chi connectivity index (χ4n) is 1.72. The largest absolute Gasteiger partial charge is 0.486 e. The number of aryl methyl sites for hydroxylation is 2. The van der Waals surface area contributed by atoms with Crippen molar-refractivity contribution in [1.29, 1.82) is 5.26 Å². The first-order valence-corrected chi connectivity index (χ1v) is 6.53. The SMILES string of the molecule is Cc1cc(C)c(C)c(OCc2nc(C#N)cs2)c1. The van der Waals surface area contributed by atoms with Gasteiger partial charge in [0.05, 0.1) is 0 Å². The number of nitrogens with zero attached hydrogens (tertiary/aromatic N) is 2. The van der Waals surface area contributed by atoms with E-state index in [1.54, 1.807) is 5.38 Å². The molecule has 0 radical (unpaired) electrons. The van der Waals surface area contributed by atoms with Crippen LogP contribution < -0.4 is 4.74 Å². The van der Waals surface area contributed by atoms with E-state index >= 15 is 0 Å². The quantitative estimate of drug-likeness (QED) is 0.846. The van der Waals surface area contributed by atoms with Gasteiger partial charge in [-0.1, -0.05) is 6.07 Å². The maximum Gasteiger partial charge on any atom is 0.151 e. The Bertz CT molecular complexity index is 611. The summed E-state index contributed by atoms with van der Waals surface area (Å²) in [5.74, 6) is 0.890. The highest BCUT2D eigenvalue weighted by atomic mass is 32.1. The first-order chi connectivity index (χ1) is 8.60. The van der Waals surface area contributed by atoms with Crippen LogP contribution in [0.25, 0.3) is 0 Å². The zero-order valence-corrected chi connectivity index (χ0v) is 11.5. The van der Waals surface area contributed by atoms with Gasteiger partial charge >= 0.3 is 0 Å². The molecule has 0 unspecified atom stereocenters. The topological polar surface area (TPSA) is 45.9 Å². The number of hydrogen-bond donors (Lipinski definition) is 0. The Morgan fingerprint density at radius 2 is 2.11 bits per heavy atom. The molecule has 0 aliphatic rings. The van der Waals surface area contributed by atoms with E-state index in [4.69, 9.17) is 10.00 Å². The van der Waals surface area contributed by atoms with Gasteiger partial charge in [-0.3, -0.25) is 0 Å². The van der Waals surface area contributed by atoms with Crippen molar-refractivity contribution in [3.05, 3.63) is 44.9 Å². The lowest BCUT2D eigenvalue weighted by molar-refractivity contribution is 0.303. The van der Waals surface area contributed by atoms with Crippen LogP contribution in [0.2, 0.25) is 0 Å². The molecule has 0 saturated heterocycles. The number of hydrogen-bond acceptors (Lipinski definition) is 4. The number of ether oxygens (including phenoxy) is 1. The molecule has 18 heavy (non-hydrogen) atoms. The van der Waals surface area contributed by atoms with Gasteiger partial charge in [0, 0.05) is 5.38 Å². The number of thiazole rings is 1. The van der Waals surface area contributed by atoms with E-state index in [2.05, 4.69) is 24.9 Å². The summed E-state index contributed by atoms with van der Waals surface area (Å²) in [6, 6.07) is 6.19. The van der Waals surface area contributed by atoms with Gasteiger partial charge in [-0.05, 0) is 43.5 Å². The summed E-state index contributed by atoms with van der Waals surface area (Å²) >= 11 is 1.45. The van der Waals surface area contributed by atoms with E-state index in [9.17, 15) is 0 Å². The maximum atomic E-state index is 8.71. The highest BCUT2D eigenvalue weighted by Crippen LogP contribution is 2.24. The average Bonchev–Trinajstić information content (AvgIpc) is 2.80. The Kier molecular flexibility index (Phi) is 3.63. The van der Waals surface area contributed by atoms with Gasteiger partial charge in [-0.2, -0.15) is 5.26 Å². The van der Waals surface area contributed by atoms with Crippen molar-refractivity contribution in [1.82, 2.24) is 4.98 Å². The van der Waals surface area contributed by atoms with Crippen LogP contribution in [0.1, 0.15) is 27.4 Å². The number of benzene rings is 1. The predicted molar refractivity (Wildman–Crippen MR) is 71.8 cm³/mol. The summed E-state index contributed by atoms with van der Waals surface area (Å²) in [5.41, 5.74) is 4.01. The third kappa shape index (κ3) is 2.69. The van der Waals surface area contributed by atoms with E-state index < -0.39 is 0 Å². The summed E-state index contributed by atoms with van der Waals surface area (Å²) in [6.45, 7) is 6.59. The number of nitriles is 1. The van der Waals surface area contributed by atoms with Crippen LogP contribution in [0.3, 0.4) is 0 Å². The molecule has 92 valence electrons. The molecule has 0 bridgehead atoms. The third-order valence-electron chi connectivity index (χ3n) is 2.78. The second-order valence-electron chi connectivity index (χ2n) is 4.23. The zero-order valence-electron chi connectivity index (χ0n) is 10.7. The van der Waals surface area contributed by atoms with Gasteiger partial charge in [0.15, 0.2) is 5.69 Å². The Balaban J connectivity index is 2.13. The highest BCUT2D eigenvalue weighted by Gasteiger charge is 2.06. The van der Waals surface area contributed by atoms with Crippen LogP contribution in [-0.4, -0.2) is 4.98 Å². The van der Waals surface area contributed by atoms with Gasteiger partial charge < -0.3 is 4.74 Å². The van der Waals surface area contributed by atoms with Crippen molar-refractivity contribution < 1.29 is 4.74 Å². The van der Waals surface area contributed by atoms with Crippen molar-refractivity contribution in [3.8, 4) is 11.8 Å². The fourth-order valence-corrected chi connectivity index (χ4v) is 2.35. The molecule has 4 heteroatoms. The van der Waals surface area contributed by atoms with Gasteiger partial charge in [-0.15, -0.1) is 11.3 Å². The minimum atomic E-state index is 0.413. The summed E-state index contributed by atoms with van der Waals surface area (Å²) in [4.78, 5) is 4.15. The summed E-state index contributed by atoms with van der Waals surface area (Å²) < 4.78 is 5.78. The molecule has 0 aliphatic carbocycles. The highest BCUT2D eigenvalue weighted by molar-refractivity contribution is 7.09. The van der Waals surface area contributed by atoms with Crippen molar-refractivity contribution >= 4 is 11.3 Å². The Morgan fingerprint density at radius 1 is 1.33 bits per heavy atom. The molecule has 0 amide bonds. The molecule has 2 rings (SSSR count). The Morgan fingerprint density at radius 3 is 2.78 bits per heavy atom. The Hall–Kier alpha value is -1.86. The molecule has 3 nitrogen and oxygen atoms in total. The monoisotopic (exact) mass is 258 g/mol. The van der Waals surface area contributed by atoms with Crippen molar-refractivity contribution in [2.24, 2.45) is 0 Å². The van der Waals surface area contributed by atoms with Crippen LogP contribution in [-0.2, 0) is 6.61 Å². The molecule has 2 aromatic rings. The van der Waals surface area contributed by atoms with E-state index in [1.807, 2.05) is 19.1 Å². The number of rotatable bonds is 3. The normalized spacial score (nSPS) is 10.1. The fraction of sp³-hybridized carbons (Fsp3) is 0.286. The first-order valence-electron chi connectivity index (χ1n) is 5.65. The second kappa shape index (κ2) is 5.19. The van der Waals surface area contributed by atoms with Crippen molar-refractivity contribution in [2.45, 2.75) is 27.4 Å². The lowest BCUT2D eigenvalue weighted by Crippen LogP contribution is -1.98. The van der Waals surface area contributed by atoms with Crippen LogP contribution in [0.15, 0.2) is 17.5 Å². The van der Waals surface area contributed by atoms with Gasteiger partial charge in [0.25, 0.3) is 0 Å². The van der Waals surface area contributed by atoms with E-state index in [1.165, 1.54) is 22.5 Å². The van der Waals surface area contributed by atoms with Crippen LogP contribution in [0.4, 0.5) is 0 Å². The van der Waals surface area contributed by atoms with Crippen LogP contribution >= 0.6 is 11.3 Å². The third-order valence-corrected chi connectivity index (χ3v) is 3.60. The van der Waals surface area contributed by atoms with Crippen molar-refractivity contribution in [3.63, 3.8) is 0 Å². The Labute approximate surface area is 111 Å². The van der Waals surface area contributed by atoms with Gasteiger partial charge in [0.1, 0.15) is 23.4 Å².